The molecule has 4 rings (SSSR count). The average molecular weight is 349 g/mol. The van der Waals surface area contributed by atoms with Crippen LogP contribution in [0.25, 0.3) is 11.5 Å². The molecule has 9 heteroatoms. The second kappa shape index (κ2) is 6.63. The van der Waals surface area contributed by atoms with Crippen molar-refractivity contribution < 1.29 is 4.79 Å². The number of nitrogens with one attached hydrogen (secondary N) is 1. The van der Waals surface area contributed by atoms with E-state index in [0.717, 1.165) is 0 Å². The van der Waals surface area contributed by atoms with Gasteiger partial charge in [-0.2, -0.15) is 0 Å². The van der Waals surface area contributed by atoms with Gasteiger partial charge in [0.25, 0.3) is 5.91 Å². The Balaban J connectivity index is 1.43. The molecule has 9 nitrogen and oxygen atoms in total. The number of pyridine rings is 2. The van der Waals surface area contributed by atoms with Gasteiger partial charge in [0.1, 0.15) is 12.1 Å². The molecule has 0 aliphatic rings. The Bertz CT molecular complexity index is 1110. The van der Waals surface area contributed by atoms with Crippen molar-refractivity contribution in [1.82, 2.24) is 34.0 Å². The van der Waals surface area contributed by atoms with Gasteiger partial charge in [0, 0.05) is 36.9 Å². The smallest absolute Gasteiger partial charge is 0.350 e. The lowest BCUT2D eigenvalue weighted by Gasteiger charge is -2.06. The summed E-state index contributed by atoms with van der Waals surface area (Å²) in [5.41, 5.74) is 0.815. The number of amides is 1. The van der Waals surface area contributed by atoms with E-state index in [4.69, 9.17) is 0 Å². The SMILES string of the molecule is O=C(NCCn1nc2ccccn2c1=O)c1ccnc(-n2ccnc2)c1. The largest absolute Gasteiger partial charge is 0.350 e. The average Bonchev–Trinajstić information content (AvgIpc) is 3.31. The number of fused-ring (bicyclic) bond motifs is 1. The molecule has 0 aliphatic heterocycles. The van der Waals surface area contributed by atoms with E-state index < -0.39 is 0 Å². The van der Waals surface area contributed by atoms with Crippen molar-refractivity contribution in [2.75, 3.05) is 6.54 Å². The number of aromatic nitrogens is 6. The molecule has 0 saturated heterocycles. The summed E-state index contributed by atoms with van der Waals surface area (Å²) in [7, 11) is 0. The summed E-state index contributed by atoms with van der Waals surface area (Å²) in [6.45, 7) is 0.567. The molecule has 26 heavy (non-hydrogen) atoms. The van der Waals surface area contributed by atoms with E-state index in [1.807, 2.05) is 6.07 Å². The number of hydrogen-bond donors (Lipinski definition) is 1. The molecule has 1 amide bonds. The summed E-state index contributed by atoms with van der Waals surface area (Å²) in [6.07, 6.45) is 8.23. The van der Waals surface area contributed by atoms with Crippen LogP contribution < -0.4 is 11.0 Å². The maximum absolute atomic E-state index is 12.3. The number of imidazole rings is 1. The minimum Gasteiger partial charge on any atom is -0.350 e. The number of rotatable bonds is 5. The summed E-state index contributed by atoms with van der Waals surface area (Å²) >= 11 is 0. The molecule has 0 saturated carbocycles. The van der Waals surface area contributed by atoms with E-state index in [1.54, 1.807) is 59.9 Å². The zero-order valence-electron chi connectivity index (χ0n) is 13.7. The molecule has 0 aliphatic carbocycles. The molecule has 4 aromatic rings. The van der Waals surface area contributed by atoms with Crippen LogP contribution in [0.15, 0.2) is 66.2 Å². The van der Waals surface area contributed by atoms with Gasteiger partial charge in [-0.3, -0.25) is 13.8 Å². The molecule has 4 heterocycles. The van der Waals surface area contributed by atoms with Gasteiger partial charge in [-0.25, -0.2) is 19.4 Å². The predicted molar refractivity (Wildman–Crippen MR) is 93.1 cm³/mol. The van der Waals surface area contributed by atoms with Gasteiger partial charge in [-0.1, -0.05) is 6.07 Å². The Morgan fingerprint density at radius 2 is 2.08 bits per heavy atom. The van der Waals surface area contributed by atoms with Crippen LogP contribution in [-0.2, 0) is 6.54 Å². The summed E-state index contributed by atoms with van der Waals surface area (Å²) in [5.74, 6) is 0.359. The normalized spacial score (nSPS) is 10.9. The fourth-order valence-corrected chi connectivity index (χ4v) is 2.59. The van der Waals surface area contributed by atoms with Gasteiger partial charge in [-0.15, -0.1) is 5.10 Å². The Hall–Kier alpha value is -3.75. The van der Waals surface area contributed by atoms with E-state index in [9.17, 15) is 9.59 Å². The summed E-state index contributed by atoms with van der Waals surface area (Å²) in [5, 5.41) is 7.02. The number of hydrogen-bond acceptors (Lipinski definition) is 5. The highest BCUT2D eigenvalue weighted by atomic mass is 16.2. The summed E-state index contributed by atoms with van der Waals surface area (Å²) in [4.78, 5) is 32.7. The van der Waals surface area contributed by atoms with E-state index in [2.05, 4.69) is 20.4 Å². The first-order chi connectivity index (χ1) is 12.7. The van der Waals surface area contributed by atoms with Gasteiger partial charge in [-0.05, 0) is 24.3 Å². The van der Waals surface area contributed by atoms with Crippen molar-refractivity contribution in [2.24, 2.45) is 0 Å². The van der Waals surface area contributed by atoms with E-state index in [-0.39, 0.29) is 24.7 Å². The predicted octanol–water partition coefficient (Wildman–Crippen LogP) is 0.507. The van der Waals surface area contributed by atoms with Gasteiger partial charge >= 0.3 is 5.69 Å². The second-order valence-corrected chi connectivity index (χ2v) is 5.56. The van der Waals surface area contributed by atoms with Gasteiger partial charge in [0.15, 0.2) is 5.65 Å². The van der Waals surface area contributed by atoms with Crippen LogP contribution in [0.2, 0.25) is 0 Å². The zero-order valence-corrected chi connectivity index (χ0v) is 13.7. The third-order valence-corrected chi connectivity index (χ3v) is 3.87. The van der Waals surface area contributed by atoms with Crippen LogP contribution in [0.4, 0.5) is 0 Å². The lowest BCUT2D eigenvalue weighted by atomic mass is 10.2. The fraction of sp³-hybridized carbons (Fsp3) is 0.118. The van der Waals surface area contributed by atoms with Crippen molar-refractivity contribution in [1.29, 1.82) is 0 Å². The van der Waals surface area contributed by atoms with Crippen molar-refractivity contribution in [2.45, 2.75) is 6.54 Å². The monoisotopic (exact) mass is 349 g/mol. The third kappa shape index (κ3) is 2.97. The highest BCUT2D eigenvalue weighted by molar-refractivity contribution is 5.94. The molecular formula is C17H15N7O2. The Labute approximate surface area is 147 Å². The summed E-state index contributed by atoms with van der Waals surface area (Å²) < 4.78 is 4.51. The maximum Gasteiger partial charge on any atom is 0.350 e. The molecule has 0 aromatic carbocycles. The lowest BCUT2D eigenvalue weighted by molar-refractivity contribution is 0.0951. The zero-order chi connectivity index (χ0) is 17.9. The topological polar surface area (TPSA) is 99.1 Å². The molecule has 0 fully saturated rings. The third-order valence-electron chi connectivity index (χ3n) is 3.87. The lowest BCUT2D eigenvalue weighted by Crippen LogP contribution is -2.31. The molecule has 0 radical (unpaired) electrons. The van der Waals surface area contributed by atoms with Crippen molar-refractivity contribution in [3.8, 4) is 5.82 Å². The first kappa shape index (κ1) is 15.8. The van der Waals surface area contributed by atoms with E-state index in [1.165, 1.54) is 9.08 Å². The highest BCUT2D eigenvalue weighted by Crippen LogP contribution is 2.06. The first-order valence-corrected chi connectivity index (χ1v) is 7.99. The fourth-order valence-electron chi connectivity index (χ4n) is 2.59. The molecule has 0 unspecified atom stereocenters. The van der Waals surface area contributed by atoms with Gasteiger partial charge < -0.3 is 5.32 Å². The van der Waals surface area contributed by atoms with E-state index >= 15 is 0 Å². The first-order valence-electron chi connectivity index (χ1n) is 7.99. The van der Waals surface area contributed by atoms with Crippen LogP contribution in [0, 0.1) is 0 Å². The number of carbonyl (C=O) groups excluding carboxylic acids is 1. The van der Waals surface area contributed by atoms with Crippen molar-refractivity contribution >= 4 is 11.6 Å². The maximum atomic E-state index is 12.3. The minimum atomic E-state index is -0.245. The molecule has 4 aromatic heterocycles. The second-order valence-electron chi connectivity index (χ2n) is 5.56. The van der Waals surface area contributed by atoms with Crippen LogP contribution >= 0.6 is 0 Å². The standard InChI is InChI=1S/C17H15N7O2/c25-16(13-4-5-19-15(11-13)22-9-6-18-12-22)20-7-10-24-17(26)23-8-2-1-3-14(23)21-24/h1-6,8-9,11-12H,7,10H2,(H,20,25). The summed E-state index contributed by atoms with van der Waals surface area (Å²) in [6, 6.07) is 8.64. The Morgan fingerprint density at radius 3 is 2.88 bits per heavy atom. The minimum absolute atomic E-state index is 0.235. The quantitative estimate of drug-likeness (QED) is 0.566. The number of carbonyl (C=O) groups is 1. The highest BCUT2D eigenvalue weighted by Gasteiger charge is 2.09. The molecule has 1 N–H and O–H groups in total. The Kier molecular flexibility index (Phi) is 4.02. The van der Waals surface area contributed by atoms with Crippen LogP contribution in [0.5, 0.6) is 0 Å². The van der Waals surface area contributed by atoms with Crippen molar-refractivity contribution in [3.63, 3.8) is 0 Å². The Morgan fingerprint density at radius 1 is 1.15 bits per heavy atom. The van der Waals surface area contributed by atoms with Crippen LogP contribution in [0.3, 0.4) is 0 Å². The molecule has 0 spiro atoms. The molecular weight excluding hydrogens is 334 g/mol. The molecule has 0 atom stereocenters. The number of nitrogens with zero attached hydrogens (tertiary/aromatic N) is 6. The van der Waals surface area contributed by atoms with Crippen LogP contribution in [0.1, 0.15) is 10.4 Å². The molecule has 0 bridgehead atoms. The van der Waals surface area contributed by atoms with Crippen molar-refractivity contribution in [3.05, 3.63) is 77.5 Å². The van der Waals surface area contributed by atoms with Gasteiger partial charge in [0.05, 0.1) is 6.54 Å². The van der Waals surface area contributed by atoms with E-state index in [0.29, 0.717) is 17.0 Å². The van der Waals surface area contributed by atoms with Crippen LogP contribution in [-0.4, -0.2) is 41.2 Å². The van der Waals surface area contributed by atoms with Gasteiger partial charge in [0.2, 0.25) is 0 Å². The molecule has 130 valence electrons.